The number of rotatable bonds is 6. The van der Waals surface area contributed by atoms with Crippen molar-refractivity contribution in [1.29, 1.82) is 0 Å². The molecule has 33 heavy (non-hydrogen) atoms. The SMILES string of the molecule is O=CNC(=O)N[C@@H](CN1Cc2ccc(F)cc2C1=O)c1ccc(-c2ccc(F)c(Cl)c2)cc1. The van der Waals surface area contributed by atoms with Crippen LogP contribution in [0.4, 0.5) is 13.6 Å². The number of carbonyl (C=O) groups excluding carboxylic acids is 3. The van der Waals surface area contributed by atoms with Crippen molar-refractivity contribution < 1.29 is 23.2 Å². The van der Waals surface area contributed by atoms with Gasteiger partial charge < -0.3 is 10.2 Å². The van der Waals surface area contributed by atoms with Crippen molar-refractivity contribution in [1.82, 2.24) is 15.5 Å². The lowest BCUT2D eigenvalue weighted by Crippen LogP contribution is -2.42. The van der Waals surface area contributed by atoms with Gasteiger partial charge in [-0.3, -0.25) is 14.9 Å². The van der Waals surface area contributed by atoms with Gasteiger partial charge in [0, 0.05) is 18.7 Å². The summed E-state index contributed by atoms with van der Waals surface area (Å²) >= 11 is 5.87. The van der Waals surface area contributed by atoms with Gasteiger partial charge in [0.1, 0.15) is 11.6 Å². The first-order valence-electron chi connectivity index (χ1n) is 9.99. The number of carbonyl (C=O) groups is 3. The molecular formula is C24H18ClF2N3O3. The van der Waals surface area contributed by atoms with E-state index in [2.05, 4.69) is 5.32 Å². The summed E-state index contributed by atoms with van der Waals surface area (Å²) in [4.78, 5) is 37.0. The van der Waals surface area contributed by atoms with Crippen molar-refractivity contribution in [2.75, 3.05) is 6.54 Å². The van der Waals surface area contributed by atoms with E-state index in [1.807, 2.05) is 5.32 Å². The molecule has 3 aromatic rings. The highest BCUT2D eigenvalue weighted by Gasteiger charge is 2.30. The van der Waals surface area contributed by atoms with Crippen molar-refractivity contribution in [2.45, 2.75) is 12.6 Å². The van der Waals surface area contributed by atoms with E-state index in [0.29, 0.717) is 16.7 Å². The number of benzene rings is 3. The van der Waals surface area contributed by atoms with Gasteiger partial charge >= 0.3 is 6.03 Å². The zero-order chi connectivity index (χ0) is 23.5. The van der Waals surface area contributed by atoms with E-state index in [0.717, 1.165) is 5.56 Å². The van der Waals surface area contributed by atoms with E-state index in [1.54, 1.807) is 36.4 Å². The largest absolute Gasteiger partial charge is 0.332 e. The molecule has 3 aromatic carbocycles. The summed E-state index contributed by atoms with van der Waals surface area (Å²) < 4.78 is 27.0. The molecule has 0 saturated heterocycles. The monoisotopic (exact) mass is 469 g/mol. The molecular weight excluding hydrogens is 452 g/mol. The molecule has 6 nitrogen and oxygen atoms in total. The zero-order valence-electron chi connectivity index (χ0n) is 17.1. The molecule has 168 valence electrons. The number of halogens is 3. The Hall–Kier alpha value is -3.78. The van der Waals surface area contributed by atoms with Crippen LogP contribution in [0.15, 0.2) is 60.7 Å². The van der Waals surface area contributed by atoms with Gasteiger partial charge in [-0.05, 0) is 46.5 Å². The van der Waals surface area contributed by atoms with E-state index in [9.17, 15) is 23.2 Å². The summed E-state index contributed by atoms with van der Waals surface area (Å²) in [6.45, 7) is 0.372. The molecule has 4 amide bonds. The third-order valence-electron chi connectivity index (χ3n) is 5.42. The quantitative estimate of drug-likeness (QED) is 0.524. The number of imide groups is 1. The van der Waals surface area contributed by atoms with E-state index in [4.69, 9.17) is 11.6 Å². The first-order valence-corrected chi connectivity index (χ1v) is 10.4. The molecule has 2 N–H and O–H groups in total. The average molecular weight is 470 g/mol. The molecule has 0 saturated carbocycles. The Morgan fingerprint density at radius 2 is 1.79 bits per heavy atom. The Bertz CT molecular complexity index is 1230. The van der Waals surface area contributed by atoms with Crippen LogP contribution in [0, 0.1) is 11.6 Å². The first kappa shape index (κ1) is 22.4. The highest BCUT2D eigenvalue weighted by atomic mass is 35.5. The van der Waals surface area contributed by atoms with Gasteiger partial charge in [-0.15, -0.1) is 0 Å². The Morgan fingerprint density at radius 3 is 2.48 bits per heavy atom. The van der Waals surface area contributed by atoms with E-state index >= 15 is 0 Å². The van der Waals surface area contributed by atoms with Gasteiger partial charge in [-0.1, -0.05) is 48.0 Å². The van der Waals surface area contributed by atoms with Crippen LogP contribution < -0.4 is 10.6 Å². The molecule has 0 spiro atoms. The summed E-state index contributed by atoms with van der Waals surface area (Å²) in [7, 11) is 0. The van der Waals surface area contributed by atoms with Gasteiger partial charge in [-0.25, -0.2) is 13.6 Å². The van der Waals surface area contributed by atoms with Crippen LogP contribution >= 0.6 is 11.6 Å². The van der Waals surface area contributed by atoms with Crippen molar-refractivity contribution in [2.24, 2.45) is 0 Å². The van der Waals surface area contributed by atoms with Crippen molar-refractivity contribution in [3.63, 3.8) is 0 Å². The number of fused-ring (bicyclic) bond motifs is 1. The lowest BCUT2D eigenvalue weighted by Gasteiger charge is -2.25. The third kappa shape index (κ3) is 4.85. The highest BCUT2D eigenvalue weighted by Crippen LogP contribution is 2.29. The van der Waals surface area contributed by atoms with Gasteiger partial charge in [0.2, 0.25) is 6.41 Å². The third-order valence-corrected chi connectivity index (χ3v) is 5.70. The maximum atomic E-state index is 13.6. The minimum absolute atomic E-state index is 0.00482. The van der Waals surface area contributed by atoms with E-state index in [-0.39, 0.29) is 36.0 Å². The molecule has 0 radical (unpaired) electrons. The van der Waals surface area contributed by atoms with Crippen LogP contribution in [-0.4, -0.2) is 29.8 Å². The number of amides is 4. The topological polar surface area (TPSA) is 78.5 Å². The van der Waals surface area contributed by atoms with Crippen molar-refractivity contribution in [3.8, 4) is 11.1 Å². The first-order chi connectivity index (χ1) is 15.9. The minimum atomic E-state index is -0.723. The molecule has 1 atom stereocenters. The van der Waals surface area contributed by atoms with Crippen LogP contribution in [0.3, 0.4) is 0 Å². The molecule has 1 heterocycles. The van der Waals surface area contributed by atoms with Gasteiger partial charge in [-0.2, -0.15) is 0 Å². The summed E-state index contributed by atoms with van der Waals surface area (Å²) in [5.74, 6) is -1.36. The zero-order valence-corrected chi connectivity index (χ0v) is 17.9. The molecule has 9 heteroatoms. The second kappa shape index (κ2) is 9.38. The maximum absolute atomic E-state index is 13.6. The standard InChI is InChI=1S/C24H18ClF2N3O3/c25-20-9-16(6-8-21(20)27)14-1-3-15(4-2-14)22(29-24(33)28-13-31)12-30-11-17-5-7-18(26)10-19(17)23(30)32/h1-10,13,22H,11-12H2,(H2,28,29,31,33)/t22-/m0/s1. The number of hydrogen-bond acceptors (Lipinski definition) is 3. The maximum Gasteiger partial charge on any atom is 0.321 e. The summed E-state index contributed by atoms with van der Waals surface area (Å²) in [5, 5.41) is 4.70. The number of hydrogen-bond donors (Lipinski definition) is 2. The Labute approximate surface area is 193 Å². The Morgan fingerprint density at radius 1 is 1.06 bits per heavy atom. The molecule has 0 fully saturated rings. The Balaban J connectivity index is 1.58. The van der Waals surface area contributed by atoms with Crippen LogP contribution in [0.2, 0.25) is 5.02 Å². The number of urea groups is 1. The van der Waals surface area contributed by atoms with E-state index in [1.165, 1.54) is 29.2 Å². The summed E-state index contributed by atoms with van der Waals surface area (Å²) in [6, 6.07) is 14.1. The van der Waals surface area contributed by atoms with Crippen LogP contribution in [-0.2, 0) is 11.3 Å². The predicted molar refractivity (Wildman–Crippen MR) is 118 cm³/mol. The second-order valence-corrected chi connectivity index (χ2v) is 7.93. The summed E-state index contributed by atoms with van der Waals surface area (Å²) in [5.41, 5.74) is 3.14. The van der Waals surface area contributed by atoms with Crippen LogP contribution in [0.25, 0.3) is 11.1 Å². The fourth-order valence-electron chi connectivity index (χ4n) is 3.77. The molecule has 1 aliphatic heterocycles. The van der Waals surface area contributed by atoms with Crippen molar-refractivity contribution >= 4 is 29.9 Å². The van der Waals surface area contributed by atoms with Crippen molar-refractivity contribution in [3.05, 3.63) is 94.0 Å². The minimum Gasteiger partial charge on any atom is -0.332 e. The molecule has 0 aliphatic carbocycles. The molecule has 0 aromatic heterocycles. The summed E-state index contributed by atoms with van der Waals surface area (Å²) in [6.07, 6.45) is 0.257. The Kier molecular flexibility index (Phi) is 6.37. The average Bonchev–Trinajstić information content (AvgIpc) is 3.10. The van der Waals surface area contributed by atoms with Crippen LogP contribution in [0.1, 0.15) is 27.5 Å². The predicted octanol–water partition coefficient (Wildman–Crippen LogP) is 4.44. The molecule has 4 rings (SSSR count). The smallest absolute Gasteiger partial charge is 0.321 e. The molecule has 0 bridgehead atoms. The molecule has 1 aliphatic rings. The van der Waals surface area contributed by atoms with Gasteiger partial charge in [0.05, 0.1) is 11.1 Å². The number of nitrogens with zero attached hydrogens (tertiary/aromatic N) is 1. The van der Waals surface area contributed by atoms with Gasteiger partial charge in [0.25, 0.3) is 5.91 Å². The second-order valence-electron chi connectivity index (χ2n) is 7.53. The highest BCUT2D eigenvalue weighted by molar-refractivity contribution is 6.31. The lowest BCUT2D eigenvalue weighted by atomic mass is 10.0. The fourth-order valence-corrected chi connectivity index (χ4v) is 3.95. The van der Waals surface area contributed by atoms with Gasteiger partial charge in [0.15, 0.2) is 0 Å². The number of nitrogens with one attached hydrogen (secondary N) is 2. The lowest BCUT2D eigenvalue weighted by molar-refractivity contribution is -0.108. The molecule has 0 unspecified atom stereocenters. The fraction of sp³-hybridized carbons (Fsp3) is 0.125. The normalized spacial score (nSPS) is 13.4. The van der Waals surface area contributed by atoms with E-state index < -0.39 is 23.7 Å². The van der Waals surface area contributed by atoms with Crippen LogP contribution in [0.5, 0.6) is 0 Å².